The van der Waals surface area contributed by atoms with Crippen LogP contribution < -0.4 is 0 Å². The van der Waals surface area contributed by atoms with E-state index in [-0.39, 0.29) is 11.6 Å². The lowest BCUT2D eigenvalue weighted by Crippen LogP contribution is -2.21. The number of hydrogen-bond donors (Lipinski definition) is 0. The van der Waals surface area contributed by atoms with Gasteiger partial charge in [-0.25, -0.2) is 0 Å². The summed E-state index contributed by atoms with van der Waals surface area (Å²) in [5.74, 6) is -0.360. The highest BCUT2D eigenvalue weighted by Crippen LogP contribution is 2.32. The van der Waals surface area contributed by atoms with Gasteiger partial charge in [0.25, 0.3) is 0 Å². The topological polar surface area (TPSA) is 34.1 Å². The van der Waals surface area contributed by atoms with Gasteiger partial charge in [0, 0.05) is 21.2 Å². The first-order chi connectivity index (χ1) is 8.59. The monoisotopic (exact) mass is 320 g/mol. The molecule has 2 aromatic rings. The zero-order valence-electron chi connectivity index (χ0n) is 9.04. The number of ketones is 2. The average Bonchev–Trinajstić information content (AvgIpc) is 2.35. The summed E-state index contributed by atoms with van der Waals surface area (Å²) in [6.45, 7) is 0. The highest BCUT2D eigenvalue weighted by Gasteiger charge is 2.31. The third-order valence-corrected chi connectivity index (χ3v) is 3.76. The van der Waals surface area contributed by atoms with Gasteiger partial charge in [0.15, 0.2) is 11.6 Å². The molecule has 0 atom stereocenters. The summed E-state index contributed by atoms with van der Waals surface area (Å²) in [5, 5.41) is 0.319. The van der Waals surface area contributed by atoms with E-state index in [1.165, 1.54) is 0 Å². The summed E-state index contributed by atoms with van der Waals surface area (Å²) in [5.41, 5.74) is 1.50. The van der Waals surface area contributed by atoms with Crippen LogP contribution in [0.2, 0.25) is 5.02 Å². The first-order valence-electron chi connectivity index (χ1n) is 5.27. The first-order valence-corrected chi connectivity index (χ1v) is 6.44. The number of rotatable bonds is 0. The molecule has 0 unspecified atom stereocenters. The van der Waals surface area contributed by atoms with Crippen molar-refractivity contribution in [3.05, 3.63) is 68.1 Å². The van der Waals surface area contributed by atoms with Gasteiger partial charge in [-0.15, -0.1) is 0 Å². The van der Waals surface area contributed by atoms with Gasteiger partial charge in [0.05, 0.1) is 10.6 Å². The van der Waals surface area contributed by atoms with E-state index in [1.54, 1.807) is 36.4 Å². The molecule has 88 valence electrons. The molecule has 0 aliphatic heterocycles. The fourth-order valence-electron chi connectivity index (χ4n) is 2.13. The molecule has 0 N–H and O–H groups in total. The van der Waals surface area contributed by atoms with E-state index >= 15 is 0 Å². The molecule has 0 radical (unpaired) electrons. The van der Waals surface area contributed by atoms with Crippen LogP contribution in [0.15, 0.2) is 40.9 Å². The highest BCUT2D eigenvalue weighted by atomic mass is 79.9. The summed E-state index contributed by atoms with van der Waals surface area (Å²) in [6, 6.07) is 9.98. The molecule has 0 amide bonds. The Hall–Kier alpha value is -1.45. The van der Waals surface area contributed by atoms with Gasteiger partial charge in [0.2, 0.25) is 0 Å². The van der Waals surface area contributed by atoms with Crippen molar-refractivity contribution in [2.75, 3.05) is 0 Å². The summed E-state index contributed by atoms with van der Waals surface area (Å²) >= 11 is 9.32. The van der Waals surface area contributed by atoms with Gasteiger partial charge in [-0.1, -0.05) is 39.7 Å². The van der Waals surface area contributed by atoms with Crippen molar-refractivity contribution in [2.24, 2.45) is 0 Å². The maximum atomic E-state index is 12.3. The van der Waals surface area contributed by atoms with Gasteiger partial charge in [-0.05, 0) is 24.3 Å². The zero-order chi connectivity index (χ0) is 12.9. The lowest BCUT2D eigenvalue weighted by molar-refractivity contribution is 0.0979. The van der Waals surface area contributed by atoms with E-state index in [1.807, 2.05) is 0 Å². The van der Waals surface area contributed by atoms with E-state index in [0.717, 1.165) is 4.47 Å². The smallest absolute Gasteiger partial charge is 0.196 e. The second-order valence-corrected chi connectivity index (χ2v) is 5.33. The third-order valence-electron chi connectivity index (χ3n) is 2.96. The Morgan fingerprint density at radius 3 is 2.44 bits per heavy atom. The molecule has 0 spiro atoms. The maximum absolute atomic E-state index is 12.3. The Kier molecular flexibility index (Phi) is 2.61. The molecule has 3 rings (SSSR count). The number of halogens is 2. The van der Waals surface area contributed by atoms with E-state index in [2.05, 4.69) is 15.9 Å². The van der Waals surface area contributed by atoms with Crippen LogP contribution in [0.5, 0.6) is 0 Å². The van der Waals surface area contributed by atoms with E-state index in [0.29, 0.717) is 27.3 Å². The van der Waals surface area contributed by atoms with Crippen molar-refractivity contribution in [1.29, 1.82) is 0 Å². The molecular weight excluding hydrogens is 316 g/mol. The molecule has 2 nitrogen and oxygen atoms in total. The Bertz CT molecular complexity index is 703. The number of benzene rings is 2. The lowest BCUT2D eigenvalue weighted by atomic mass is 9.84. The van der Waals surface area contributed by atoms with Crippen molar-refractivity contribution in [3.63, 3.8) is 0 Å². The lowest BCUT2D eigenvalue weighted by Gasteiger charge is -2.18. The van der Waals surface area contributed by atoms with E-state index < -0.39 is 0 Å². The molecule has 0 saturated heterocycles. The summed E-state index contributed by atoms with van der Waals surface area (Å²) in [7, 11) is 0. The predicted molar refractivity (Wildman–Crippen MR) is 72.5 cm³/mol. The molecular formula is C14H6BrClO2. The Morgan fingerprint density at radius 2 is 1.67 bits per heavy atom. The van der Waals surface area contributed by atoms with Crippen molar-refractivity contribution >= 4 is 39.1 Å². The Morgan fingerprint density at radius 1 is 0.889 bits per heavy atom. The number of fused-ring (bicyclic) bond motifs is 2. The van der Waals surface area contributed by atoms with Crippen molar-refractivity contribution in [1.82, 2.24) is 0 Å². The SMILES string of the molecule is O=C1c2cc(Br)ccc2C(=O)c2c(Cl)cccc21. The first kappa shape index (κ1) is 11.6. The molecule has 0 heterocycles. The largest absolute Gasteiger partial charge is 0.289 e. The van der Waals surface area contributed by atoms with Gasteiger partial charge in [-0.2, -0.15) is 0 Å². The van der Waals surface area contributed by atoms with Crippen LogP contribution in [-0.4, -0.2) is 11.6 Å². The number of carbonyl (C=O) groups excluding carboxylic acids is 2. The van der Waals surface area contributed by atoms with Crippen LogP contribution in [0.25, 0.3) is 0 Å². The van der Waals surface area contributed by atoms with E-state index in [9.17, 15) is 9.59 Å². The quantitative estimate of drug-likeness (QED) is 0.630. The van der Waals surface area contributed by atoms with Gasteiger partial charge < -0.3 is 0 Å². The number of carbonyl (C=O) groups is 2. The molecule has 2 aromatic carbocycles. The number of hydrogen-bond acceptors (Lipinski definition) is 2. The second kappa shape index (κ2) is 4.04. The fraction of sp³-hybridized carbons (Fsp3) is 0. The molecule has 1 aliphatic rings. The van der Waals surface area contributed by atoms with Gasteiger partial charge in [-0.3, -0.25) is 9.59 Å². The van der Waals surface area contributed by atoms with Crippen molar-refractivity contribution < 1.29 is 9.59 Å². The van der Waals surface area contributed by atoms with Crippen LogP contribution in [0.1, 0.15) is 31.8 Å². The Balaban J connectivity index is 2.35. The van der Waals surface area contributed by atoms with Crippen LogP contribution in [0.4, 0.5) is 0 Å². The summed E-state index contributed by atoms with van der Waals surface area (Å²) in [4.78, 5) is 24.7. The standard InChI is InChI=1S/C14H6BrClO2/c15-7-4-5-8-10(6-7)13(17)9-2-1-3-11(16)12(9)14(8)18/h1-6H. The molecule has 18 heavy (non-hydrogen) atoms. The minimum absolute atomic E-state index is 0.164. The van der Waals surface area contributed by atoms with Crippen LogP contribution in [0.3, 0.4) is 0 Å². The predicted octanol–water partition coefficient (Wildman–Crippen LogP) is 3.88. The van der Waals surface area contributed by atoms with Gasteiger partial charge >= 0.3 is 0 Å². The third kappa shape index (κ3) is 1.55. The van der Waals surface area contributed by atoms with Crippen LogP contribution in [0, 0.1) is 0 Å². The highest BCUT2D eigenvalue weighted by molar-refractivity contribution is 9.10. The van der Waals surface area contributed by atoms with Crippen molar-refractivity contribution in [2.45, 2.75) is 0 Å². The summed E-state index contributed by atoms with van der Waals surface area (Å²) in [6.07, 6.45) is 0. The maximum Gasteiger partial charge on any atom is 0.196 e. The van der Waals surface area contributed by atoms with Crippen molar-refractivity contribution in [3.8, 4) is 0 Å². The normalized spacial score (nSPS) is 13.2. The zero-order valence-corrected chi connectivity index (χ0v) is 11.4. The molecule has 0 bridgehead atoms. The van der Waals surface area contributed by atoms with Crippen LogP contribution >= 0.6 is 27.5 Å². The molecule has 4 heteroatoms. The van der Waals surface area contributed by atoms with Gasteiger partial charge in [0.1, 0.15) is 0 Å². The molecule has 1 aliphatic carbocycles. The minimum atomic E-state index is -0.197. The van der Waals surface area contributed by atoms with Crippen LogP contribution in [-0.2, 0) is 0 Å². The summed E-state index contributed by atoms with van der Waals surface area (Å²) < 4.78 is 0.771. The second-order valence-electron chi connectivity index (χ2n) is 4.01. The molecule has 0 fully saturated rings. The van der Waals surface area contributed by atoms with E-state index in [4.69, 9.17) is 11.6 Å². The Labute approximate surface area is 117 Å². The molecule has 0 aromatic heterocycles. The minimum Gasteiger partial charge on any atom is -0.289 e. The fourth-order valence-corrected chi connectivity index (χ4v) is 2.75. The average molecular weight is 322 g/mol. The molecule has 0 saturated carbocycles.